The zero-order valence-corrected chi connectivity index (χ0v) is 12.2. The predicted molar refractivity (Wildman–Crippen MR) is 77.9 cm³/mol. The minimum Gasteiger partial charge on any atom is -0.508 e. The standard InChI is InChI=1S/C15H20N2O4/c1-11(3-6-15(21)16-10-19)17(2)8-13-7-14(20)5-4-12(13)9-18/h4-5,7,9-11,20H,3,6,8H2,1-2H3,(H,16,19,21). The number of aromatic hydroxyl groups is 1. The molecule has 0 saturated carbocycles. The zero-order valence-electron chi connectivity index (χ0n) is 12.2. The van der Waals surface area contributed by atoms with E-state index >= 15 is 0 Å². The van der Waals surface area contributed by atoms with E-state index in [0.717, 1.165) is 11.8 Å². The van der Waals surface area contributed by atoms with Gasteiger partial charge in [0.05, 0.1) is 0 Å². The van der Waals surface area contributed by atoms with E-state index in [0.29, 0.717) is 24.9 Å². The van der Waals surface area contributed by atoms with Crippen molar-refractivity contribution in [2.24, 2.45) is 0 Å². The lowest BCUT2D eigenvalue weighted by atomic mass is 10.1. The predicted octanol–water partition coefficient (Wildman–Crippen LogP) is 1.08. The Morgan fingerprint density at radius 3 is 2.76 bits per heavy atom. The monoisotopic (exact) mass is 292 g/mol. The first kappa shape index (κ1) is 16.8. The molecule has 0 aliphatic heterocycles. The second-order valence-electron chi connectivity index (χ2n) is 4.99. The van der Waals surface area contributed by atoms with Gasteiger partial charge < -0.3 is 5.11 Å². The highest BCUT2D eigenvalue weighted by atomic mass is 16.3. The molecule has 2 amide bonds. The Morgan fingerprint density at radius 2 is 2.14 bits per heavy atom. The van der Waals surface area contributed by atoms with Crippen molar-refractivity contribution in [2.75, 3.05) is 7.05 Å². The van der Waals surface area contributed by atoms with E-state index in [1.165, 1.54) is 6.07 Å². The Morgan fingerprint density at radius 1 is 1.43 bits per heavy atom. The molecule has 1 unspecified atom stereocenters. The van der Waals surface area contributed by atoms with Gasteiger partial charge in [0.15, 0.2) is 0 Å². The minimum atomic E-state index is -0.309. The summed E-state index contributed by atoms with van der Waals surface area (Å²) in [5.41, 5.74) is 1.27. The maximum atomic E-state index is 11.2. The molecule has 0 aliphatic rings. The van der Waals surface area contributed by atoms with Gasteiger partial charge in [-0.25, -0.2) is 0 Å². The van der Waals surface area contributed by atoms with Crippen LogP contribution in [0.3, 0.4) is 0 Å². The van der Waals surface area contributed by atoms with Crippen LogP contribution in [0.5, 0.6) is 5.75 Å². The third-order valence-electron chi connectivity index (χ3n) is 3.43. The average Bonchev–Trinajstić information content (AvgIpc) is 2.45. The molecule has 0 aliphatic carbocycles. The van der Waals surface area contributed by atoms with Crippen molar-refractivity contribution in [1.82, 2.24) is 10.2 Å². The van der Waals surface area contributed by atoms with E-state index in [1.807, 2.05) is 18.9 Å². The van der Waals surface area contributed by atoms with Crippen LogP contribution >= 0.6 is 0 Å². The normalized spacial score (nSPS) is 12.0. The van der Waals surface area contributed by atoms with Gasteiger partial charge in [-0.2, -0.15) is 0 Å². The van der Waals surface area contributed by atoms with E-state index in [1.54, 1.807) is 12.1 Å². The maximum Gasteiger partial charge on any atom is 0.226 e. The lowest BCUT2D eigenvalue weighted by Gasteiger charge is -2.25. The maximum absolute atomic E-state index is 11.2. The fraction of sp³-hybridized carbons (Fsp3) is 0.400. The molecule has 0 radical (unpaired) electrons. The Labute approximate surface area is 123 Å². The molecular formula is C15H20N2O4. The number of imide groups is 1. The summed E-state index contributed by atoms with van der Waals surface area (Å²) in [6, 6.07) is 4.70. The summed E-state index contributed by atoms with van der Waals surface area (Å²) in [7, 11) is 1.88. The first-order valence-electron chi connectivity index (χ1n) is 6.68. The number of phenolic OH excluding ortho intramolecular Hbond substituents is 1. The van der Waals surface area contributed by atoms with E-state index in [9.17, 15) is 19.5 Å². The van der Waals surface area contributed by atoms with Crippen molar-refractivity contribution in [3.63, 3.8) is 0 Å². The molecule has 1 aromatic rings. The van der Waals surface area contributed by atoms with Crippen molar-refractivity contribution in [3.8, 4) is 5.75 Å². The number of aldehydes is 1. The highest BCUT2D eigenvalue weighted by Gasteiger charge is 2.13. The number of carbonyl (C=O) groups excluding carboxylic acids is 3. The first-order chi connectivity index (χ1) is 9.97. The molecule has 1 atom stereocenters. The fourth-order valence-electron chi connectivity index (χ4n) is 1.97. The van der Waals surface area contributed by atoms with Crippen molar-refractivity contribution in [3.05, 3.63) is 29.3 Å². The van der Waals surface area contributed by atoms with E-state index < -0.39 is 0 Å². The summed E-state index contributed by atoms with van der Waals surface area (Å²) in [6.07, 6.45) is 1.97. The first-order valence-corrected chi connectivity index (χ1v) is 6.68. The van der Waals surface area contributed by atoms with Gasteiger partial charge in [0, 0.05) is 24.6 Å². The Bertz CT molecular complexity index is 516. The molecule has 21 heavy (non-hydrogen) atoms. The number of hydrogen-bond acceptors (Lipinski definition) is 5. The number of benzene rings is 1. The SMILES string of the molecule is CC(CCC(=O)NC=O)N(C)Cc1cc(O)ccc1C=O. The summed E-state index contributed by atoms with van der Waals surface area (Å²) in [5.74, 6) is -0.196. The van der Waals surface area contributed by atoms with Crippen LogP contribution in [0.1, 0.15) is 35.7 Å². The van der Waals surface area contributed by atoms with Crippen LogP contribution in [-0.2, 0) is 16.1 Å². The smallest absolute Gasteiger partial charge is 0.226 e. The Kier molecular flexibility index (Phi) is 6.55. The van der Waals surface area contributed by atoms with Gasteiger partial charge in [-0.1, -0.05) is 0 Å². The number of amides is 2. The Balaban J connectivity index is 2.61. The van der Waals surface area contributed by atoms with Crippen LogP contribution in [0.15, 0.2) is 18.2 Å². The van der Waals surface area contributed by atoms with Gasteiger partial charge in [0.1, 0.15) is 12.0 Å². The number of phenols is 1. The molecule has 0 bridgehead atoms. The number of nitrogens with zero attached hydrogens (tertiary/aromatic N) is 1. The summed E-state index contributed by atoms with van der Waals surface area (Å²) in [5, 5.41) is 11.6. The zero-order chi connectivity index (χ0) is 15.8. The Hall–Kier alpha value is -2.21. The lowest BCUT2D eigenvalue weighted by molar-refractivity contribution is -0.125. The van der Waals surface area contributed by atoms with Crippen LogP contribution in [0.4, 0.5) is 0 Å². The molecule has 6 heteroatoms. The molecule has 1 aromatic carbocycles. The third kappa shape index (κ3) is 5.35. The molecule has 6 nitrogen and oxygen atoms in total. The van der Waals surface area contributed by atoms with Crippen LogP contribution in [-0.4, -0.2) is 41.7 Å². The molecule has 0 spiro atoms. The average molecular weight is 292 g/mol. The fourth-order valence-corrected chi connectivity index (χ4v) is 1.97. The van der Waals surface area contributed by atoms with Crippen molar-refractivity contribution < 1.29 is 19.5 Å². The molecular weight excluding hydrogens is 272 g/mol. The van der Waals surface area contributed by atoms with E-state index in [-0.39, 0.29) is 24.1 Å². The number of carbonyl (C=O) groups is 3. The largest absolute Gasteiger partial charge is 0.508 e. The molecule has 0 aromatic heterocycles. The van der Waals surface area contributed by atoms with E-state index in [2.05, 4.69) is 5.32 Å². The summed E-state index contributed by atoms with van der Waals surface area (Å²) in [4.78, 5) is 34.3. The summed E-state index contributed by atoms with van der Waals surface area (Å²) in [6.45, 7) is 2.44. The molecule has 0 saturated heterocycles. The molecule has 0 heterocycles. The number of nitrogens with one attached hydrogen (secondary N) is 1. The van der Waals surface area contributed by atoms with Gasteiger partial charge in [0.25, 0.3) is 0 Å². The van der Waals surface area contributed by atoms with E-state index in [4.69, 9.17) is 0 Å². The van der Waals surface area contributed by atoms with Gasteiger partial charge >= 0.3 is 0 Å². The van der Waals surface area contributed by atoms with Gasteiger partial charge in [-0.15, -0.1) is 0 Å². The third-order valence-corrected chi connectivity index (χ3v) is 3.43. The van der Waals surface area contributed by atoms with Gasteiger partial charge in [-0.05, 0) is 44.2 Å². The van der Waals surface area contributed by atoms with Crippen molar-refractivity contribution in [1.29, 1.82) is 0 Å². The number of hydrogen-bond donors (Lipinski definition) is 2. The van der Waals surface area contributed by atoms with Gasteiger partial charge in [0.2, 0.25) is 12.3 Å². The topological polar surface area (TPSA) is 86.7 Å². The van der Waals surface area contributed by atoms with Crippen LogP contribution in [0.2, 0.25) is 0 Å². The van der Waals surface area contributed by atoms with Crippen molar-refractivity contribution >= 4 is 18.6 Å². The molecule has 0 fully saturated rings. The quantitative estimate of drug-likeness (QED) is 0.700. The van der Waals surface area contributed by atoms with Crippen LogP contribution in [0, 0.1) is 0 Å². The highest BCUT2D eigenvalue weighted by molar-refractivity contribution is 5.85. The number of rotatable bonds is 8. The highest BCUT2D eigenvalue weighted by Crippen LogP contribution is 2.18. The van der Waals surface area contributed by atoms with Crippen LogP contribution < -0.4 is 5.32 Å². The molecule has 2 N–H and O–H groups in total. The summed E-state index contributed by atoms with van der Waals surface area (Å²) < 4.78 is 0. The van der Waals surface area contributed by atoms with Crippen LogP contribution in [0.25, 0.3) is 0 Å². The molecule has 114 valence electrons. The van der Waals surface area contributed by atoms with Gasteiger partial charge in [-0.3, -0.25) is 24.6 Å². The minimum absolute atomic E-state index is 0.0873. The second kappa shape index (κ2) is 8.16. The lowest BCUT2D eigenvalue weighted by Crippen LogP contribution is -2.31. The van der Waals surface area contributed by atoms with Crippen molar-refractivity contribution in [2.45, 2.75) is 32.4 Å². The second-order valence-corrected chi connectivity index (χ2v) is 4.99. The summed E-state index contributed by atoms with van der Waals surface area (Å²) >= 11 is 0. The molecule has 1 rings (SSSR count).